The zero-order valence-electron chi connectivity index (χ0n) is 18.7. The fourth-order valence-corrected chi connectivity index (χ4v) is 4.29. The molecule has 0 bridgehead atoms. The molecule has 0 radical (unpaired) electrons. The maximum absolute atomic E-state index is 12.4. The van der Waals surface area contributed by atoms with Crippen LogP contribution in [-0.4, -0.2) is 35.5 Å². The molecule has 6 nitrogen and oxygen atoms in total. The van der Waals surface area contributed by atoms with Crippen LogP contribution < -0.4 is 16.0 Å². The normalized spacial score (nSPS) is 20.2. The molecule has 1 aromatic rings. The summed E-state index contributed by atoms with van der Waals surface area (Å²) in [6.45, 7) is 14.0. The SMILES string of the molecule is CCNC(=NCc1nc(C(C)(C)C)cs1)NC1CCCC(C(=O)NC(C)C)C1.I. The van der Waals surface area contributed by atoms with Crippen molar-refractivity contribution in [1.82, 2.24) is 20.9 Å². The summed E-state index contributed by atoms with van der Waals surface area (Å²) < 4.78 is 0. The number of nitrogens with zero attached hydrogens (tertiary/aromatic N) is 2. The van der Waals surface area contributed by atoms with E-state index in [0.717, 1.165) is 48.9 Å². The lowest BCUT2D eigenvalue weighted by Crippen LogP contribution is -2.47. The van der Waals surface area contributed by atoms with Crippen LogP contribution >= 0.6 is 35.3 Å². The number of guanidine groups is 1. The van der Waals surface area contributed by atoms with E-state index in [-0.39, 0.29) is 53.3 Å². The summed E-state index contributed by atoms with van der Waals surface area (Å²) in [5.41, 5.74) is 1.18. The molecule has 0 spiro atoms. The van der Waals surface area contributed by atoms with Gasteiger partial charge in [0.25, 0.3) is 0 Å². The first-order chi connectivity index (χ1) is 13.2. The third-order valence-corrected chi connectivity index (χ3v) is 5.69. The molecule has 3 N–H and O–H groups in total. The molecule has 1 aromatic heterocycles. The molecule has 0 aliphatic heterocycles. The first kappa shape index (κ1) is 26.1. The van der Waals surface area contributed by atoms with Crippen LogP contribution in [0.4, 0.5) is 0 Å². The van der Waals surface area contributed by atoms with Gasteiger partial charge < -0.3 is 16.0 Å². The van der Waals surface area contributed by atoms with Gasteiger partial charge in [0.15, 0.2) is 5.96 Å². The van der Waals surface area contributed by atoms with Gasteiger partial charge in [-0.1, -0.05) is 27.2 Å². The van der Waals surface area contributed by atoms with Crippen molar-refractivity contribution in [3.05, 3.63) is 16.1 Å². The van der Waals surface area contributed by atoms with Crippen molar-refractivity contribution in [2.45, 2.75) is 91.3 Å². The highest BCUT2D eigenvalue weighted by Crippen LogP contribution is 2.25. The van der Waals surface area contributed by atoms with Gasteiger partial charge in [-0.15, -0.1) is 35.3 Å². The van der Waals surface area contributed by atoms with Crippen LogP contribution in [0, 0.1) is 5.92 Å². The minimum atomic E-state index is 0. The van der Waals surface area contributed by atoms with Crippen molar-refractivity contribution >= 4 is 47.2 Å². The first-order valence-corrected chi connectivity index (χ1v) is 11.4. The predicted octanol–water partition coefficient (Wildman–Crippen LogP) is 4.20. The predicted molar refractivity (Wildman–Crippen MR) is 133 cm³/mol. The molecular formula is C21H38IN5OS. The van der Waals surface area contributed by atoms with Crippen LogP contribution in [0.15, 0.2) is 10.4 Å². The Bertz CT molecular complexity index is 668. The Labute approximate surface area is 197 Å². The second-order valence-electron chi connectivity index (χ2n) is 8.94. The summed E-state index contributed by atoms with van der Waals surface area (Å²) in [6, 6.07) is 0.465. The van der Waals surface area contributed by atoms with Gasteiger partial charge in [-0.3, -0.25) is 4.79 Å². The number of aromatic nitrogens is 1. The maximum Gasteiger partial charge on any atom is 0.223 e. The minimum Gasteiger partial charge on any atom is -0.357 e. The maximum atomic E-state index is 12.4. The van der Waals surface area contributed by atoms with Crippen LogP contribution in [0.25, 0.3) is 0 Å². The van der Waals surface area contributed by atoms with Crippen molar-refractivity contribution in [3.63, 3.8) is 0 Å². The van der Waals surface area contributed by atoms with E-state index in [4.69, 9.17) is 9.98 Å². The van der Waals surface area contributed by atoms with E-state index in [1.807, 2.05) is 13.8 Å². The Morgan fingerprint density at radius 1 is 1.34 bits per heavy atom. The smallest absolute Gasteiger partial charge is 0.223 e. The molecule has 2 rings (SSSR count). The van der Waals surface area contributed by atoms with Gasteiger partial charge in [0.2, 0.25) is 5.91 Å². The summed E-state index contributed by atoms with van der Waals surface area (Å²) >= 11 is 1.67. The van der Waals surface area contributed by atoms with Gasteiger partial charge in [-0.05, 0) is 40.0 Å². The third-order valence-electron chi connectivity index (χ3n) is 4.85. The van der Waals surface area contributed by atoms with E-state index in [0.29, 0.717) is 6.54 Å². The van der Waals surface area contributed by atoms with Gasteiger partial charge in [0.1, 0.15) is 5.01 Å². The van der Waals surface area contributed by atoms with Crippen LogP contribution in [0.3, 0.4) is 0 Å². The van der Waals surface area contributed by atoms with Crippen LogP contribution in [0.2, 0.25) is 0 Å². The molecule has 8 heteroatoms. The molecule has 29 heavy (non-hydrogen) atoms. The van der Waals surface area contributed by atoms with E-state index in [2.05, 4.69) is 49.0 Å². The van der Waals surface area contributed by atoms with Gasteiger partial charge >= 0.3 is 0 Å². The summed E-state index contributed by atoms with van der Waals surface area (Å²) in [6.07, 6.45) is 3.96. The minimum absolute atomic E-state index is 0. The fourth-order valence-electron chi connectivity index (χ4n) is 3.35. The molecule has 2 atom stereocenters. The van der Waals surface area contributed by atoms with Crippen molar-refractivity contribution in [3.8, 4) is 0 Å². The molecule has 2 unspecified atom stereocenters. The zero-order chi connectivity index (χ0) is 20.7. The number of rotatable bonds is 6. The standard InChI is InChI=1S/C21H37N5OS.HI/c1-7-22-20(23-12-18-26-17(13-28-18)21(4,5)6)25-16-10-8-9-15(11-16)19(27)24-14(2)3;/h13-16H,7-12H2,1-6H3,(H,24,27)(H2,22,23,25);1H. The lowest BCUT2D eigenvalue weighted by Gasteiger charge is -2.30. The number of thiazole rings is 1. The number of amides is 1. The lowest BCUT2D eigenvalue weighted by atomic mass is 9.85. The van der Waals surface area contributed by atoms with Gasteiger partial charge in [-0.25, -0.2) is 9.98 Å². The van der Waals surface area contributed by atoms with Crippen molar-refractivity contribution in [2.24, 2.45) is 10.9 Å². The average Bonchev–Trinajstić information content (AvgIpc) is 3.09. The molecule has 1 heterocycles. The number of halogens is 1. The largest absolute Gasteiger partial charge is 0.357 e. The fraction of sp³-hybridized carbons (Fsp3) is 0.762. The van der Waals surface area contributed by atoms with Gasteiger partial charge in [0.05, 0.1) is 12.2 Å². The molecule has 1 aliphatic rings. The van der Waals surface area contributed by atoms with E-state index in [1.54, 1.807) is 11.3 Å². The zero-order valence-corrected chi connectivity index (χ0v) is 21.8. The van der Waals surface area contributed by atoms with Crippen molar-refractivity contribution in [2.75, 3.05) is 6.54 Å². The van der Waals surface area contributed by atoms with E-state index < -0.39 is 0 Å². The van der Waals surface area contributed by atoms with E-state index in [1.165, 1.54) is 0 Å². The Hall–Kier alpha value is -0.900. The average molecular weight is 536 g/mol. The topological polar surface area (TPSA) is 78.4 Å². The summed E-state index contributed by atoms with van der Waals surface area (Å²) in [4.78, 5) is 21.8. The molecule has 1 fully saturated rings. The second kappa shape index (κ2) is 12.1. The van der Waals surface area contributed by atoms with Crippen LogP contribution in [0.1, 0.15) is 77.9 Å². The summed E-state index contributed by atoms with van der Waals surface area (Å²) in [7, 11) is 0. The number of carbonyl (C=O) groups excluding carboxylic acids is 1. The summed E-state index contributed by atoms with van der Waals surface area (Å²) in [5.74, 6) is 1.08. The Morgan fingerprint density at radius 3 is 2.66 bits per heavy atom. The number of aliphatic imine (C=N–C) groups is 1. The van der Waals surface area contributed by atoms with Crippen LogP contribution in [0.5, 0.6) is 0 Å². The van der Waals surface area contributed by atoms with Crippen molar-refractivity contribution in [1.29, 1.82) is 0 Å². The van der Waals surface area contributed by atoms with E-state index in [9.17, 15) is 4.79 Å². The number of hydrogen-bond donors (Lipinski definition) is 3. The molecule has 1 aliphatic carbocycles. The highest BCUT2D eigenvalue weighted by atomic mass is 127. The molecular weight excluding hydrogens is 497 g/mol. The molecule has 166 valence electrons. The third kappa shape index (κ3) is 8.78. The van der Waals surface area contributed by atoms with Gasteiger partial charge in [0, 0.05) is 35.3 Å². The lowest BCUT2D eigenvalue weighted by molar-refractivity contribution is -0.126. The highest BCUT2D eigenvalue weighted by Gasteiger charge is 2.28. The van der Waals surface area contributed by atoms with Gasteiger partial charge in [-0.2, -0.15) is 0 Å². The number of carbonyl (C=O) groups is 1. The quantitative estimate of drug-likeness (QED) is 0.290. The van der Waals surface area contributed by atoms with Crippen molar-refractivity contribution < 1.29 is 4.79 Å². The van der Waals surface area contributed by atoms with Crippen LogP contribution in [-0.2, 0) is 16.8 Å². The number of nitrogens with one attached hydrogen (secondary N) is 3. The molecule has 1 amide bonds. The Kier molecular flexibility index (Phi) is 10.9. The first-order valence-electron chi connectivity index (χ1n) is 10.5. The van der Waals surface area contributed by atoms with E-state index >= 15 is 0 Å². The molecule has 0 aromatic carbocycles. The second-order valence-corrected chi connectivity index (χ2v) is 9.88. The highest BCUT2D eigenvalue weighted by molar-refractivity contribution is 14.0. The Morgan fingerprint density at radius 2 is 2.07 bits per heavy atom. The Balaban J connectivity index is 0.00000420. The monoisotopic (exact) mass is 535 g/mol. The summed E-state index contributed by atoms with van der Waals surface area (Å²) in [5, 5.41) is 13.1. The molecule has 0 saturated heterocycles. The molecule has 1 saturated carbocycles. The number of hydrogen-bond acceptors (Lipinski definition) is 4.